The fourth-order valence-corrected chi connectivity index (χ4v) is 5.71. The summed E-state index contributed by atoms with van der Waals surface area (Å²) in [5.41, 5.74) is 3.35. The molecule has 0 aliphatic carbocycles. The number of nitrogens with zero attached hydrogens (tertiary/aromatic N) is 3. The van der Waals surface area contributed by atoms with Crippen LogP contribution in [0.2, 0.25) is 10.0 Å². The first-order valence-corrected chi connectivity index (χ1v) is 12.6. The van der Waals surface area contributed by atoms with E-state index in [0.717, 1.165) is 16.7 Å². The second-order valence-electron chi connectivity index (χ2n) is 7.99. The maximum absolute atomic E-state index is 13.2. The number of benzene rings is 3. The number of hydrogen-bond acceptors (Lipinski definition) is 6. The van der Waals surface area contributed by atoms with Gasteiger partial charge >= 0.3 is 0 Å². The lowest BCUT2D eigenvalue weighted by Crippen LogP contribution is -2.44. The van der Waals surface area contributed by atoms with Crippen LogP contribution >= 0.6 is 35.0 Å². The van der Waals surface area contributed by atoms with Crippen molar-refractivity contribution in [2.24, 2.45) is 9.98 Å². The van der Waals surface area contributed by atoms with Crippen molar-refractivity contribution in [2.45, 2.75) is 18.2 Å². The minimum Gasteiger partial charge on any atom is -0.493 e. The van der Waals surface area contributed by atoms with Gasteiger partial charge < -0.3 is 9.47 Å². The molecule has 0 spiro atoms. The standard InChI is InChI=1S/C26H21Cl2N3O3S/c1-33-22-12-18-20(13-23(22)34-2)29-26(35-14-16-8-9-17(27)11-19(16)28)31-21(25(32)30-24(18)31)10-15-6-4-3-5-7-15/h3-9,11-13,21H,10,14H2,1-2H3/t21-/m1/s1. The molecule has 0 saturated heterocycles. The molecule has 35 heavy (non-hydrogen) atoms. The molecule has 0 fully saturated rings. The molecule has 3 aromatic carbocycles. The molecule has 2 heterocycles. The number of halogens is 2. The SMILES string of the molecule is COc1cc2c(cc1OC)C1=NC(=O)[C@@H](Cc3ccccc3)N1C(SCc1ccc(Cl)cc1Cl)=N2. The Kier molecular flexibility index (Phi) is 6.73. The van der Waals surface area contributed by atoms with Crippen molar-refractivity contribution >= 4 is 57.6 Å². The third kappa shape index (κ3) is 4.63. The van der Waals surface area contributed by atoms with Crippen molar-refractivity contribution < 1.29 is 14.3 Å². The van der Waals surface area contributed by atoms with Gasteiger partial charge in [0.2, 0.25) is 0 Å². The molecule has 2 aliphatic rings. The molecule has 1 atom stereocenters. The zero-order valence-electron chi connectivity index (χ0n) is 19.0. The molecule has 0 N–H and O–H groups in total. The number of ether oxygens (including phenoxy) is 2. The highest BCUT2D eigenvalue weighted by molar-refractivity contribution is 8.13. The minimum absolute atomic E-state index is 0.204. The van der Waals surface area contributed by atoms with E-state index < -0.39 is 6.04 Å². The first kappa shape index (κ1) is 23.7. The number of fused-ring (bicyclic) bond motifs is 3. The van der Waals surface area contributed by atoms with Crippen LogP contribution in [0.5, 0.6) is 11.5 Å². The highest BCUT2D eigenvalue weighted by Crippen LogP contribution is 2.42. The van der Waals surface area contributed by atoms with E-state index in [2.05, 4.69) is 4.99 Å². The molecule has 6 nitrogen and oxygen atoms in total. The van der Waals surface area contributed by atoms with Crippen LogP contribution < -0.4 is 9.47 Å². The quantitative estimate of drug-likeness (QED) is 0.386. The van der Waals surface area contributed by atoms with Crippen molar-refractivity contribution in [3.63, 3.8) is 0 Å². The second-order valence-corrected chi connectivity index (χ2v) is 9.78. The first-order valence-electron chi connectivity index (χ1n) is 10.9. The molecular weight excluding hydrogens is 505 g/mol. The molecule has 1 amide bonds. The Morgan fingerprint density at radius 3 is 2.43 bits per heavy atom. The summed E-state index contributed by atoms with van der Waals surface area (Å²) in [7, 11) is 3.15. The fraction of sp³-hybridized carbons (Fsp3) is 0.192. The molecule has 3 aromatic rings. The van der Waals surface area contributed by atoms with E-state index >= 15 is 0 Å². The number of rotatable bonds is 6. The van der Waals surface area contributed by atoms with Gasteiger partial charge in [0.15, 0.2) is 16.7 Å². The van der Waals surface area contributed by atoms with Crippen molar-refractivity contribution in [2.75, 3.05) is 14.2 Å². The van der Waals surface area contributed by atoms with Crippen molar-refractivity contribution in [1.29, 1.82) is 0 Å². The Morgan fingerprint density at radius 2 is 1.71 bits per heavy atom. The molecule has 0 radical (unpaired) electrons. The summed E-state index contributed by atoms with van der Waals surface area (Å²) in [5.74, 6) is 2.01. The van der Waals surface area contributed by atoms with E-state index in [-0.39, 0.29) is 5.91 Å². The largest absolute Gasteiger partial charge is 0.493 e. The average Bonchev–Trinajstić information content (AvgIpc) is 3.19. The van der Waals surface area contributed by atoms with Crippen LogP contribution in [0.4, 0.5) is 5.69 Å². The molecule has 178 valence electrons. The molecule has 5 rings (SSSR count). The second kappa shape index (κ2) is 9.93. The number of amides is 1. The van der Waals surface area contributed by atoms with Crippen LogP contribution in [0.25, 0.3) is 0 Å². The van der Waals surface area contributed by atoms with Gasteiger partial charge in [-0.1, -0.05) is 71.4 Å². The third-order valence-corrected chi connectivity index (χ3v) is 7.44. The number of carbonyl (C=O) groups is 1. The topological polar surface area (TPSA) is 63.5 Å². The zero-order valence-corrected chi connectivity index (χ0v) is 21.3. The van der Waals surface area contributed by atoms with Crippen molar-refractivity contribution in [1.82, 2.24) is 4.90 Å². The average molecular weight is 526 g/mol. The van der Waals surface area contributed by atoms with Gasteiger partial charge in [-0.25, -0.2) is 4.99 Å². The highest BCUT2D eigenvalue weighted by atomic mass is 35.5. The van der Waals surface area contributed by atoms with Crippen molar-refractivity contribution in [3.05, 3.63) is 87.4 Å². The number of methoxy groups -OCH3 is 2. The Labute approximate surface area is 217 Å². The number of thioether (sulfide) groups is 1. The monoisotopic (exact) mass is 525 g/mol. The van der Waals surface area contributed by atoms with Crippen LogP contribution in [0, 0.1) is 0 Å². The lowest BCUT2D eigenvalue weighted by molar-refractivity contribution is -0.119. The van der Waals surface area contributed by atoms with Gasteiger partial charge in [-0.3, -0.25) is 9.69 Å². The smallest absolute Gasteiger partial charge is 0.271 e. The Morgan fingerprint density at radius 1 is 0.971 bits per heavy atom. The molecule has 0 unspecified atom stereocenters. The summed E-state index contributed by atoms with van der Waals surface area (Å²) in [6.07, 6.45) is 0.510. The number of carbonyl (C=O) groups excluding carboxylic acids is 1. The van der Waals surface area contributed by atoms with Gasteiger partial charge in [-0.15, -0.1) is 0 Å². The van der Waals surface area contributed by atoms with E-state index in [4.69, 9.17) is 37.7 Å². The molecule has 0 saturated carbocycles. The molecular formula is C26H21Cl2N3O3S. The summed E-state index contributed by atoms with van der Waals surface area (Å²) in [6, 6.07) is 18.5. The van der Waals surface area contributed by atoms with Crippen LogP contribution in [-0.4, -0.2) is 42.1 Å². The predicted molar refractivity (Wildman–Crippen MR) is 142 cm³/mol. The van der Waals surface area contributed by atoms with Gasteiger partial charge in [-0.2, -0.15) is 4.99 Å². The van der Waals surface area contributed by atoms with Gasteiger partial charge in [0, 0.05) is 33.8 Å². The summed E-state index contributed by atoms with van der Waals surface area (Å²) in [5, 5.41) is 1.83. The van der Waals surface area contributed by atoms with Crippen LogP contribution in [0.15, 0.2) is 70.6 Å². The predicted octanol–water partition coefficient (Wildman–Crippen LogP) is 6.15. The van der Waals surface area contributed by atoms with Crippen LogP contribution in [0.1, 0.15) is 16.7 Å². The van der Waals surface area contributed by atoms with E-state index in [1.165, 1.54) is 11.8 Å². The van der Waals surface area contributed by atoms with Gasteiger partial charge in [0.05, 0.1) is 19.9 Å². The van der Waals surface area contributed by atoms with Crippen LogP contribution in [-0.2, 0) is 17.0 Å². The van der Waals surface area contributed by atoms with E-state index in [9.17, 15) is 4.79 Å². The van der Waals surface area contributed by atoms with E-state index in [1.54, 1.807) is 26.4 Å². The lowest BCUT2D eigenvalue weighted by atomic mass is 10.0. The number of hydrogen-bond donors (Lipinski definition) is 0. The van der Waals surface area contributed by atoms with Gasteiger partial charge in [0.1, 0.15) is 11.9 Å². The minimum atomic E-state index is -0.499. The van der Waals surface area contributed by atoms with Crippen molar-refractivity contribution in [3.8, 4) is 11.5 Å². The summed E-state index contributed by atoms with van der Waals surface area (Å²) < 4.78 is 11.0. The zero-order chi connectivity index (χ0) is 24.5. The van der Waals surface area contributed by atoms with E-state index in [0.29, 0.717) is 50.4 Å². The Hall–Kier alpha value is -3.00. The molecule has 0 bridgehead atoms. The van der Waals surface area contributed by atoms with E-state index in [1.807, 2.05) is 53.4 Å². The third-order valence-electron chi connectivity index (χ3n) is 5.85. The highest BCUT2D eigenvalue weighted by Gasteiger charge is 2.42. The van der Waals surface area contributed by atoms with Gasteiger partial charge in [-0.05, 0) is 29.3 Å². The normalized spacial score (nSPS) is 16.4. The molecule has 2 aliphatic heterocycles. The van der Waals surface area contributed by atoms with Gasteiger partial charge in [0.25, 0.3) is 5.91 Å². The van der Waals surface area contributed by atoms with Crippen LogP contribution in [0.3, 0.4) is 0 Å². The summed E-state index contributed by atoms with van der Waals surface area (Å²) in [6.45, 7) is 0. The maximum Gasteiger partial charge on any atom is 0.271 e. The molecule has 9 heteroatoms. The lowest BCUT2D eigenvalue weighted by Gasteiger charge is -2.31. The summed E-state index contributed by atoms with van der Waals surface area (Å²) >= 11 is 14.0. The molecule has 0 aromatic heterocycles. The number of amidine groups is 2. The fourth-order valence-electron chi connectivity index (χ4n) is 4.10. The number of aliphatic imine (C=N–C) groups is 2. The summed E-state index contributed by atoms with van der Waals surface area (Å²) in [4.78, 5) is 24.5. The first-order chi connectivity index (χ1) is 17.0. The maximum atomic E-state index is 13.2. The Bertz CT molecular complexity index is 1360. The Balaban J connectivity index is 1.55.